The van der Waals surface area contributed by atoms with Crippen LogP contribution in [0, 0.1) is 10.1 Å². The lowest BCUT2D eigenvalue weighted by Crippen LogP contribution is -2.37. The predicted molar refractivity (Wildman–Crippen MR) is 83.5 cm³/mol. The van der Waals surface area contributed by atoms with Crippen molar-refractivity contribution in [3.05, 3.63) is 69.8 Å². The van der Waals surface area contributed by atoms with Gasteiger partial charge in [-0.1, -0.05) is 24.3 Å². The Kier molecular flexibility index (Phi) is 3.78. The van der Waals surface area contributed by atoms with Crippen LogP contribution in [0.1, 0.15) is 20.7 Å². The number of nitro groups is 1. The van der Waals surface area contributed by atoms with Crippen molar-refractivity contribution in [2.75, 3.05) is 11.9 Å². The summed E-state index contributed by atoms with van der Waals surface area (Å²) in [5.74, 6) is -2.13. The van der Waals surface area contributed by atoms with Crippen LogP contribution in [0.5, 0.6) is 0 Å². The molecule has 8 heteroatoms. The van der Waals surface area contributed by atoms with Gasteiger partial charge in [0.2, 0.25) is 5.91 Å². The number of nitrogens with one attached hydrogen (secondary N) is 1. The van der Waals surface area contributed by atoms with Gasteiger partial charge in [-0.05, 0) is 18.2 Å². The fourth-order valence-corrected chi connectivity index (χ4v) is 2.48. The lowest BCUT2D eigenvalue weighted by molar-refractivity contribution is -0.385. The molecular weight excluding hydrogens is 314 g/mol. The number of benzene rings is 2. The quantitative estimate of drug-likeness (QED) is 0.524. The molecule has 0 fully saturated rings. The molecule has 3 amide bonds. The zero-order valence-electron chi connectivity index (χ0n) is 12.3. The van der Waals surface area contributed by atoms with Crippen LogP contribution >= 0.6 is 0 Å². The number of hydrogen-bond acceptors (Lipinski definition) is 5. The minimum atomic E-state index is -0.842. The number of rotatable bonds is 4. The average molecular weight is 325 g/mol. The van der Waals surface area contributed by atoms with Crippen molar-refractivity contribution < 1.29 is 19.3 Å². The fourth-order valence-electron chi connectivity index (χ4n) is 2.48. The Hall–Kier alpha value is -3.55. The highest BCUT2D eigenvalue weighted by atomic mass is 16.6. The van der Waals surface area contributed by atoms with Crippen molar-refractivity contribution in [2.45, 2.75) is 0 Å². The van der Waals surface area contributed by atoms with Crippen molar-refractivity contribution in [3.63, 3.8) is 0 Å². The first-order valence-corrected chi connectivity index (χ1v) is 6.97. The first-order valence-electron chi connectivity index (χ1n) is 6.97. The van der Waals surface area contributed by atoms with Crippen LogP contribution in [0.25, 0.3) is 0 Å². The molecule has 2 aromatic carbocycles. The summed E-state index contributed by atoms with van der Waals surface area (Å²) in [5.41, 5.74) is -0.274. The van der Waals surface area contributed by atoms with Crippen LogP contribution in [0.3, 0.4) is 0 Å². The number of anilines is 1. The second-order valence-electron chi connectivity index (χ2n) is 5.07. The van der Waals surface area contributed by atoms with Gasteiger partial charge < -0.3 is 5.32 Å². The molecule has 0 saturated carbocycles. The maximum Gasteiger partial charge on any atom is 0.282 e. The summed E-state index contributed by atoms with van der Waals surface area (Å²) in [6.07, 6.45) is 0. The van der Waals surface area contributed by atoms with E-state index >= 15 is 0 Å². The molecule has 24 heavy (non-hydrogen) atoms. The Morgan fingerprint density at radius 3 is 2.42 bits per heavy atom. The Labute approximate surface area is 135 Å². The number of carbonyl (C=O) groups is 3. The normalized spacial score (nSPS) is 12.9. The van der Waals surface area contributed by atoms with Crippen LogP contribution in [-0.4, -0.2) is 34.1 Å². The number of nitro benzene ring substituents is 1. The molecule has 3 rings (SSSR count). The standard InChI is InChI=1S/C16H11N3O5/c20-13(17-10-5-2-1-3-6-10)9-18-15(21)11-7-4-8-12(19(23)24)14(11)16(18)22/h1-8H,9H2,(H,17,20). The largest absolute Gasteiger partial charge is 0.325 e. The molecule has 0 aromatic heterocycles. The van der Waals surface area contributed by atoms with Gasteiger partial charge in [0.05, 0.1) is 10.5 Å². The highest BCUT2D eigenvalue weighted by Gasteiger charge is 2.41. The van der Waals surface area contributed by atoms with Gasteiger partial charge in [0.1, 0.15) is 12.1 Å². The van der Waals surface area contributed by atoms with Gasteiger partial charge in [-0.15, -0.1) is 0 Å². The molecule has 0 unspecified atom stereocenters. The molecule has 1 aliphatic rings. The van der Waals surface area contributed by atoms with Gasteiger partial charge in [0, 0.05) is 11.8 Å². The van der Waals surface area contributed by atoms with E-state index < -0.39 is 34.9 Å². The molecule has 0 aliphatic carbocycles. The molecule has 1 N–H and O–H groups in total. The summed E-state index contributed by atoms with van der Waals surface area (Å²) in [6.45, 7) is -0.515. The molecule has 1 aliphatic heterocycles. The van der Waals surface area contributed by atoms with E-state index in [1.807, 2.05) is 0 Å². The van der Waals surface area contributed by atoms with Crippen LogP contribution in [0.15, 0.2) is 48.5 Å². The second kappa shape index (κ2) is 5.92. The third-order valence-corrected chi connectivity index (χ3v) is 3.53. The average Bonchev–Trinajstić information content (AvgIpc) is 2.81. The monoisotopic (exact) mass is 325 g/mol. The van der Waals surface area contributed by atoms with Gasteiger partial charge in [-0.3, -0.25) is 29.4 Å². The number of carbonyl (C=O) groups excluding carboxylic acids is 3. The summed E-state index contributed by atoms with van der Waals surface area (Å²) in [5, 5.41) is 13.6. The number of nitrogens with zero attached hydrogens (tertiary/aromatic N) is 2. The predicted octanol–water partition coefficient (Wildman–Crippen LogP) is 1.83. The van der Waals surface area contributed by atoms with Crippen molar-refractivity contribution in [1.29, 1.82) is 0 Å². The summed E-state index contributed by atoms with van der Waals surface area (Å²) >= 11 is 0. The van der Waals surface area contributed by atoms with Crippen LogP contribution in [-0.2, 0) is 4.79 Å². The number of imide groups is 1. The molecule has 0 bridgehead atoms. The third kappa shape index (κ3) is 2.60. The van der Waals surface area contributed by atoms with E-state index in [4.69, 9.17) is 0 Å². The highest BCUT2D eigenvalue weighted by molar-refractivity contribution is 6.24. The maximum atomic E-state index is 12.3. The molecule has 0 radical (unpaired) electrons. The summed E-state index contributed by atoms with van der Waals surface area (Å²) in [7, 11) is 0. The lowest BCUT2D eigenvalue weighted by atomic mass is 10.1. The maximum absolute atomic E-state index is 12.3. The van der Waals surface area contributed by atoms with Gasteiger partial charge in [0.25, 0.3) is 17.5 Å². The van der Waals surface area contributed by atoms with Crippen LogP contribution in [0.2, 0.25) is 0 Å². The zero-order valence-corrected chi connectivity index (χ0v) is 12.3. The zero-order chi connectivity index (χ0) is 17.3. The van der Waals surface area contributed by atoms with E-state index in [0.717, 1.165) is 6.07 Å². The van der Waals surface area contributed by atoms with Crippen LogP contribution < -0.4 is 5.32 Å². The fraction of sp³-hybridized carbons (Fsp3) is 0.0625. The number of para-hydroxylation sites is 1. The molecule has 0 saturated heterocycles. The number of amides is 3. The molecule has 2 aromatic rings. The van der Waals surface area contributed by atoms with Crippen LogP contribution in [0.4, 0.5) is 11.4 Å². The lowest BCUT2D eigenvalue weighted by Gasteiger charge is -2.13. The first kappa shape index (κ1) is 15.3. The molecular formula is C16H11N3O5. The molecule has 120 valence electrons. The van der Waals surface area contributed by atoms with E-state index in [1.165, 1.54) is 12.1 Å². The van der Waals surface area contributed by atoms with Crippen molar-refractivity contribution in [2.24, 2.45) is 0 Å². The van der Waals surface area contributed by atoms with Gasteiger partial charge in [-0.2, -0.15) is 0 Å². The SMILES string of the molecule is O=C(CN1C(=O)c2cccc([N+](=O)[O-])c2C1=O)Nc1ccccc1. The van der Waals surface area contributed by atoms with Crippen molar-refractivity contribution in [3.8, 4) is 0 Å². The number of hydrogen-bond donors (Lipinski definition) is 1. The Morgan fingerprint density at radius 2 is 1.75 bits per heavy atom. The summed E-state index contributed by atoms with van der Waals surface area (Å²) in [6, 6.07) is 12.3. The minimum Gasteiger partial charge on any atom is -0.325 e. The van der Waals surface area contributed by atoms with E-state index in [-0.39, 0.29) is 11.1 Å². The summed E-state index contributed by atoms with van der Waals surface area (Å²) in [4.78, 5) is 47.7. The van der Waals surface area contributed by atoms with E-state index in [9.17, 15) is 24.5 Å². The summed E-state index contributed by atoms with van der Waals surface area (Å²) < 4.78 is 0. The molecule has 1 heterocycles. The Morgan fingerprint density at radius 1 is 1.04 bits per heavy atom. The van der Waals surface area contributed by atoms with E-state index in [2.05, 4.69) is 5.32 Å². The van der Waals surface area contributed by atoms with Gasteiger partial charge >= 0.3 is 0 Å². The molecule has 8 nitrogen and oxygen atoms in total. The highest BCUT2D eigenvalue weighted by Crippen LogP contribution is 2.30. The molecule has 0 spiro atoms. The first-order chi connectivity index (χ1) is 11.5. The van der Waals surface area contributed by atoms with Gasteiger partial charge in [0.15, 0.2) is 0 Å². The smallest absolute Gasteiger partial charge is 0.282 e. The Bertz CT molecular complexity index is 863. The minimum absolute atomic E-state index is 0.0679. The van der Waals surface area contributed by atoms with Crippen molar-refractivity contribution >= 4 is 29.1 Å². The Balaban J connectivity index is 1.82. The van der Waals surface area contributed by atoms with E-state index in [0.29, 0.717) is 10.6 Å². The van der Waals surface area contributed by atoms with Gasteiger partial charge in [-0.25, -0.2) is 0 Å². The van der Waals surface area contributed by atoms with Crippen molar-refractivity contribution in [1.82, 2.24) is 4.90 Å². The topological polar surface area (TPSA) is 110 Å². The van der Waals surface area contributed by atoms with E-state index in [1.54, 1.807) is 30.3 Å². The molecule has 0 atom stereocenters. The number of fused-ring (bicyclic) bond motifs is 1. The third-order valence-electron chi connectivity index (χ3n) is 3.53. The second-order valence-corrected chi connectivity index (χ2v) is 5.07.